The first-order valence-electron chi connectivity index (χ1n) is 10.2. The molecule has 0 saturated heterocycles. The maximum absolute atomic E-state index is 8.37. The van der Waals surface area contributed by atoms with Crippen LogP contribution in [0.4, 0.5) is 0 Å². The highest BCUT2D eigenvalue weighted by molar-refractivity contribution is 9.10. The summed E-state index contributed by atoms with van der Waals surface area (Å²) in [6.45, 7) is 0. The lowest BCUT2D eigenvalue weighted by molar-refractivity contribution is 0.394. The lowest BCUT2D eigenvalue weighted by Gasteiger charge is -2.09. The van der Waals surface area contributed by atoms with E-state index in [-0.39, 0.29) is 13.1 Å². The highest BCUT2D eigenvalue weighted by Gasteiger charge is 2.13. The van der Waals surface area contributed by atoms with Crippen LogP contribution in [0.5, 0.6) is 23.0 Å². The van der Waals surface area contributed by atoms with E-state index in [1.54, 1.807) is 52.9 Å². The second-order valence-corrected chi connectivity index (χ2v) is 8.36. The van der Waals surface area contributed by atoms with E-state index in [2.05, 4.69) is 20.3 Å². The van der Waals surface area contributed by atoms with Crippen molar-refractivity contribution in [1.29, 1.82) is 0 Å². The first-order valence-corrected chi connectivity index (χ1v) is 11.7. The molecule has 0 atom stereocenters. The average Bonchev–Trinajstić information content (AvgIpc) is 3.61. The van der Waals surface area contributed by atoms with E-state index in [1.807, 2.05) is 24.3 Å². The Morgan fingerprint density at radius 3 is 1.49 bits per heavy atom. The second kappa shape index (κ2) is 16.2. The minimum Gasteiger partial charge on any atom is -0.495 e. The van der Waals surface area contributed by atoms with Crippen LogP contribution in [0.15, 0.2) is 74.4 Å². The van der Waals surface area contributed by atoms with Crippen LogP contribution < -0.4 is 24.6 Å². The van der Waals surface area contributed by atoms with Crippen LogP contribution in [0.3, 0.4) is 0 Å². The van der Waals surface area contributed by atoms with Gasteiger partial charge in [-0.2, -0.15) is 0 Å². The van der Waals surface area contributed by atoms with Gasteiger partial charge >= 0.3 is 7.12 Å². The van der Waals surface area contributed by atoms with Gasteiger partial charge in [0.05, 0.1) is 41.0 Å². The molecule has 200 valence electrons. The SMILES string of the molecule is C.COc1cc(-c2ccco2)cc(OC)c1Cl.COc1cc(Br)cc(OC)c1Cl.OB(O)c1ccco1. The zero-order valence-electron chi connectivity index (χ0n) is 19.8. The molecule has 0 spiro atoms. The smallest absolute Gasteiger partial charge is 0.495 e. The Morgan fingerprint density at radius 2 is 1.16 bits per heavy atom. The highest BCUT2D eigenvalue weighted by Crippen LogP contribution is 2.39. The minimum atomic E-state index is -1.48. The van der Waals surface area contributed by atoms with Crippen LogP contribution in [0.1, 0.15) is 7.43 Å². The molecule has 2 N–H and O–H groups in total. The topological polar surface area (TPSA) is 104 Å². The number of furan rings is 2. The quantitative estimate of drug-likeness (QED) is 0.242. The summed E-state index contributed by atoms with van der Waals surface area (Å²) in [5.74, 6) is 3.07. The second-order valence-electron chi connectivity index (χ2n) is 6.69. The maximum atomic E-state index is 8.37. The van der Waals surface area contributed by atoms with E-state index in [4.69, 9.17) is 56.6 Å². The maximum Gasteiger partial charge on any atom is 0.526 e. The molecule has 2 aromatic heterocycles. The van der Waals surface area contributed by atoms with Crippen molar-refractivity contribution < 1.29 is 37.8 Å². The van der Waals surface area contributed by atoms with Crippen molar-refractivity contribution in [2.24, 2.45) is 0 Å². The molecule has 37 heavy (non-hydrogen) atoms. The van der Waals surface area contributed by atoms with Gasteiger partial charge in [0.25, 0.3) is 0 Å². The molecular formula is C25H28BBrCl2O8. The number of benzene rings is 2. The Balaban J connectivity index is 0.000000290. The average molecular weight is 618 g/mol. The van der Waals surface area contributed by atoms with E-state index in [9.17, 15) is 0 Å². The van der Waals surface area contributed by atoms with Gasteiger partial charge in [-0.25, -0.2) is 0 Å². The van der Waals surface area contributed by atoms with Gasteiger partial charge in [0.15, 0.2) is 0 Å². The summed E-state index contributed by atoms with van der Waals surface area (Å²) < 4.78 is 31.2. The number of hydrogen-bond acceptors (Lipinski definition) is 8. The molecular weight excluding hydrogens is 590 g/mol. The van der Waals surface area contributed by atoms with Crippen molar-refractivity contribution in [1.82, 2.24) is 0 Å². The Morgan fingerprint density at radius 1 is 0.730 bits per heavy atom. The van der Waals surface area contributed by atoms with Crippen molar-refractivity contribution in [2.45, 2.75) is 7.43 Å². The van der Waals surface area contributed by atoms with Gasteiger partial charge in [0, 0.05) is 10.0 Å². The lowest BCUT2D eigenvalue weighted by atomic mass is 9.88. The largest absolute Gasteiger partial charge is 0.526 e. The van der Waals surface area contributed by atoms with Crippen LogP contribution in [-0.4, -0.2) is 45.6 Å². The fraction of sp³-hybridized carbons (Fsp3) is 0.200. The predicted octanol–water partition coefficient (Wildman–Crippen LogP) is 6.33. The molecule has 0 aliphatic rings. The van der Waals surface area contributed by atoms with Gasteiger partial charge < -0.3 is 37.8 Å². The van der Waals surface area contributed by atoms with Crippen molar-refractivity contribution >= 4 is 51.9 Å². The molecule has 2 heterocycles. The molecule has 8 nitrogen and oxygen atoms in total. The third kappa shape index (κ3) is 9.25. The summed E-state index contributed by atoms with van der Waals surface area (Å²) in [5.41, 5.74) is 1.04. The third-order valence-electron chi connectivity index (χ3n) is 4.46. The Bertz CT molecular complexity index is 1150. The number of halogens is 3. The zero-order valence-corrected chi connectivity index (χ0v) is 22.9. The van der Waals surface area contributed by atoms with Crippen LogP contribution in [0.2, 0.25) is 10.0 Å². The van der Waals surface area contributed by atoms with Gasteiger partial charge in [-0.1, -0.05) is 46.6 Å². The fourth-order valence-corrected chi connectivity index (χ4v) is 3.67. The molecule has 0 bridgehead atoms. The predicted molar refractivity (Wildman–Crippen MR) is 150 cm³/mol. The summed E-state index contributed by atoms with van der Waals surface area (Å²) in [5, 5.41) is 17.7. The van der Waals surface area contributed by atoms with Crippen molar-refractivity contribution in [2.75, 3.05) is 28.4 Å². The van der Waals surface area contributed by atoms with Crippen molar-refractivity contribution in [3.8, 4) is 34.3 Å². The molecule has 2 aromatic carbocycles. The Hall–Kier alpha value is -2.76. The van der Waals surface area contributed by atoms with E-state index in [0.717, 1.165) is 15.8 Å². The normalized spacial score (nSPS) is 9.54. The molecule has 0 amide bonds. The molecule has 4 aromatic rings. The fourth-order valence-electron chi connectivity index (χ4n) is 2.73. The number of hydrogen-bond donors (Lipinski definition) is 2. The van der Waals surface area contributed by atoms with E-state index in [0.29, 0.717) is 33.0 Å². The summed E-state index contributed by atoms with van der Waals surface area (Å²) in [4.78, 5) is 0. The van der Waals surface area contributed by atoms with Gasteiger partial charge in [-0.15, -0.1) is 0 Å². The summed E-state index contributed by atoms with van der Waals surface area (Å²) in [6.07, 6.45) is 3.00. The lowest BCUT2D eigenvalue weighted by Crippen LogP contribution is -2.27. The first kappa shape index (κ1) is 32.3. The monoisotopic (exact) mass is 616 g/mol. The van der Waals surface area contributed by atoms with Crippen LogP contribution in [0.25, 0.3) is 11.3 Å². The van der Waals surface area contributed by atoms with Crippen LogP contribution >= 0.6 is 39.1 Å². The third-order valence-corrected chi connectivity index (χ3v) is 5.66. The molecule has 0 unspecified atom stereocenters. The standard InChI is InChI=1S/C12H11ClO3.C8H8BrClO2.C4H5BO3.CH4/c1-14-10-6-8(9-4-3-5-16-9)7-11(15-2)12(10)13;1-11-6-3-5(9)4-7(12-2)8(6)10;6-5(7)4-2-1-3-8-4;/h3-7H,1-2H3;3-4H,1-2H3;1-3,6-7H;1H4. The van der Waals surface area contributed by atoms with Gasteiger partial charge in [-0.05, 0) is 48.5 Å². The summed E-state index contributed by atoms with van der Waals surface area (Å²) >= 11 is 15.3. The molecule has 12 heteroatoms. The first-order chi connectivity index (χ1) is 17.2. The number of ether oxygens (including phenoxy) is 4. The Kier molecular flexibility index (Phi) is 14.1. The molecule has 0 aliphatic carbocycles. The molecule has 0 aliphatic heterocycles. The molecule has 0 saturated carbocycles. The number of rotatable bonds is 6. The summed E-state index contributed by atoms with van der Waals surface area (Å²) in [7, 11) is 4.77. The van der Waals surface area contributed by atoms with Gasteiger partial charge in [0.2, 0.25) is 0 Å². The number of methoxy groups -OCH3 is 4. The highest BCUT2D eigenvalue weighted by atomic mass is 79.9. The van der Waals surface area contributed by atoms with Crippen molar-refractivity contribution in [3.05, 3.63) is 75.6 Å². The van der Waals surface area contributed by atoms with Crippen LogP contribution in [-0.2, 0) is 0 Å². The zero-order chi connectivity index (χ0) is 26.7. The molecule has 0 radical (unpaired) electrons. The summed E-state index contributed by atoms with van der Waals surface area (Å²) in [6, 6.07) is 14.0. The molecule has 0 fully saturated rings. The van der Waals surface area contributed by atoms with E-state index in [1.165, 1.54) is 12.3 Å². The Labute approximate surface area is 234 Å². The van der Waals surface area contributed by atoms with Crippen molar-refractivity contribution in [3.63, 3.8) is 0 Å². The molecule has 4 rings (SSSR count). The minimum absolute atomic E-state index is 0. The van der Waals surface area contributed by atoms with Crippen LogP contribution in [0, 0.1) is 0 Å². The van der Waals surface area contributed by atoms with E-state index >= 15 is 0 Å². The van der Waals surface area contributed by atoms with E-state index < -0.39 is 7.12 Å². The van der Waals surface area contributed by atoms with Gasteiger partial charge in [-0.3, -0.25) is 0 Å². The van der Waals surface area contributed by atoms with Gasteiger partial charge in [0.1, 0.15) is 44.5 Å².